The number of anilines is 1. The lowest BCUT2D eigenvalue weighted by molar-refractivity contribution is 0.190. The molecule has 3 heterocycles. The Kier molecular flexibility index (Phi) is 4.60. The molecule has 0 radical (unpaired) electrons. The molecule has 0 bridgehead atoms. The van der Waals surface area contributed by atoms with Gasteiger partial charge in [-0.25, -0.2) is 9.97 Å². The first-order valence-corrected chi connectivity index (χ1v) is 7.54. The molecule has 116 valence electrons. The minimum absolute atomic E-state index is 0.195. The van der Waals surface area contributed by atoms with Crippen LogP contribution in [0.1, 0.15) is 18.2 Å². The van der Waals surface area contributed by atoms with Crippen LogP contribution < -0.4 is 10.6 Å². The molecule has 6 heteroatoms. The molecule has 0 aromatic carbocycles. The Hall–Kier alpha value is -2.05. The third kappa shape index (κ3) is 3.23. The van der Waals surface area contributed by atoms with E-state index in [0.29, 0.717) is 12.4 Å². The quantitative estimate of drug-likeness (QED) is 0.874. The molecule has 1 atom stereocenters. The van der Waals surface area contributed by atoms with E-state index in [1.807, 2.05) is 12.1 Å². The molecule has 0 amide bonds. The van der Waals surface area contributed by atoms with Crippen molar-refractivity contribution >= 4 is 5.82 Å². The molecule has 2 N–H and O–H groups in total. The van der Waals surface area contributed by atoms with Crippen LogP contribution in [0.25, 0.3) is 11.4 Å². The van der Waals surface area contributed by atoms with Crippen molar-refractivity contribution in [2.45, 2.75) is 25.9 Å². The molecular formula is C16H21N5O. The first-order valence-electron chi connectivity index (χ1n) is 7.54. The Balaban J connectivity index is 1.99. The van der Waals surface area contributed by atoms with Crippen LogP contribution in [0.5, 0.6) is 0 Å². The van der Waals surface area contributed by atoms with Gasteiger partial charge in [-0.05, 0) is 32.0 Å². The third-order valence-corrected chi connectivity index (χ3v) is 3.66. The Morgan fingerprint density at radius 3 is 3.09 bits per heavy atom. The molecule has 1 aliphatic rings. The summed E-state index contributed by atoms with van der Waals surface area (Å²) in [7, 11) is 1.71. The second-order valence-electron chi connectivity index (χ2n) is 5.49. The lowest BCUT2D eigenvalue weighted by atomic mass is 10.1. The Morgan fingerprint density at radius 1 is 1.41 bits per heavy atom. The Bertz CT molecular complexity index is 632. The number of hydrogen-bond donors (Lipinski definition) is 2. The van der Waals surface area contributed by atoms with Gasteiger partial charge in [-0.2, -0.15) is 0 Å². The Morgan fingerprint density at radius 2 is 2.32 bits per heavy atom. The maximum absolute atomic E-state index is 5.21. The summed E-state index contributed by atoms with van der Waals surface area (Å²) in [6.07, 6.45) is 4.48. The van der Waals surface area contributed by atoms with Crippen LogP contribution >= 0.6 is 0 Å². The van der Waals surface area contributed by atoms with Crippen LogP contribution in [-0.2, 0) is 17.7 Å². The highest BCUT2D eigenvalue weighted by atomic mass is 16.5. The van der Waals surface area contributed by atoms with E-state index in [1.165, 1.54) is 5.56 Å². The second-order valence-corrected chi connectivity index (χ2v) is 5.49. The van der Waals surface area contributed by atoms with Gasteiger partial charge in [-0.15, -0.1) is 0 Å². The SMILES string of the molecule is COC[C@@H](C)Nc1nc(-c2cccnc2)nc2c1CCNC2. The topological polar surface area (TPSA) is 72.0 Å². The van der Waals surface area contributed by atoms with Gasteiger partial charge in [0.2, 0.25) is 0 Å². The van der Waals surface area contributed by atoms with Crippen molar-refractivity contribution in [2.24, 2.45) is 0 Å². The van der Waals surface area contributed by atoms with E-state index in [4.69, 9.17) is 14.7 Å². The van der Waals surface area contributed by atoms with Crippen LogP contribution in [0.2, 0.25) is 0 Å². The van der Waals surface area contributed by atoms with Crippen LogP contribution in [0, 0.1) is 0 Å². The van der Waals surface area contributed by atoms with Gasteiger partial charge < -0.3 is 15.4 Å². The monoisotopic (exact) mass is 299 g/mol. The normalized spacial score (nSPS) is 15.2. The van der Waals surface area contributed by atoms with E-state index in [0.717, 1.165) is 36.6 Å². The first kappa shape index (κ1) is 14.9. The van der Waals surface area contributed by atoms with Gasteiger partial charge in [0.1, 0.15) is 5.82 Å². The maximum atomic E-state index is 5.21. The van der Waals surface area contributed by atoms with Crippen LogP contribution in [0.4, 0.5) is 5.82 Å². The largest absolute Gasteiger partial charge is 0.383 e. The fourth-order valence-electron chi connectivity index (χ4n) is 2.63. The van der Waals surface area contributed by atoms with Crippen molar-refractivity contribution < 1.29 is 4.74 Å². The molecule has 0 unspecified atom stereocenters. The zero-order chi connectivity index (χ0) is 15.4. The van der Waals surface area contributed by atoms with Gasteiger partial charge in [0.25, 0.3) is 0 Å². The Labute approximate surface area is 130 Å². The summed E-state index contributed by atoms with van der Waals surface area (Å²) >= 11 is 0. The van der Waals surface area contributed by atoms with E-state index in [9.17, 15) is 0 Å². The molecule has 2 aromatic heterocycles. The van der Waals surface area contributed by atoms with Crippen molar-refractivity contribution in [3.63, 3.8) is 0 Å². The van der Waals surface area contributed by atoms with Crippen LogP contribution in [0.15, 0.2) is 24.5 Å². The van der Waals surface area contributed by atoms with Gasteiger partial charge in [-0.1, -0.05) is 0 Å². The first-order chi connectivity index (χ1) is 10.8. The van der Waals surface area contributed by atoms with Crippen molar-refractivity contribution in [3.8, 4) is 11.4 Å². The molecule has 3 rings (SSSR count). The molecule has 0 fully saturated rings. The zero-order valence-electron chi connectivity index (χ0n) is 13.0. The number of pyridine rings is 1. The molecule has 0 saturated carbocycles. The summed E-state index contributed by atoms with van der Waals surface area (Å²) in [5.41, 5.74) is 3.19. The van der Waals surface area contributed by atoms with E-state index in [-0.39, 0.29) is 6.04 Å². The van der Waals surface area contributed by atoms with E-state index < -0.39 is 0 Å². The zero-order valence-corrected chi connectivity index (χ0v) is 13.0. The van der Waals surface area contributed by atoms with E-state index in [1.54, 1.807) is 19.5 Å². The molecular weight excluding hydrogens is 278 g/mol. The van der Waals surface area contributed by atoms with Gasteiger partial charge in [0.05, 0.1) is 12.3 Å². The number of nitrogens with one attached hydrogen (secondary N) is 2. The number of ether oxygens (including phenoxy) is 1. The number of nitrogens with zero attached hydrogens (tertiary/aromatic N) is 3. The summed E-state index contributed by atoms with van der Waals surface area (Å²) < 4.78 is 5.21. The minimum atomic E-state index is 0.195. The summed E-state index contributed by atoms with van der Waals surface area (Å²) in [6.45, 7) is 4.45. The van der Waals surface area contributed by atoms with E-state index in [2.05, 4.69) is 22.5 Å². The smallest absolute Gasteiger partial charge is 0.163 e. The standard InChI is InChI=1S/C16H21N5O/c1-11(10-22-2)19-16-13-5-7-18-9-14(13)20-15(21-16)12-4-3-6-17-8-12/h3-4,6,8,11,18H,5,7,9-10H2,1-2H3,(H,19,20,21)/t11-/m1/s1. The summed E-state index contributed by atoms with van der Waals surface area (Å²) in [5.74, 6) is 1.62. The molecule has 0 aliphatic carbocycles. The molecule has 22 heavy (non-hydrogen) atoms. The molecule has 1 aliphatic heterocycles. The molecule has 2 aromatic rings. The van der Waals surface area contributed by atoms with Crippen LogP contribution in [-0.4, -0.2) is 41.3 Å². The van der Waals surface area contributed by atoms with Crippen molar-refractivity contribution in [2.75, 3.05) is 25.6 Å². The second kappa shape index (κ2) is 6.81. The average molecular weight is 299 g/mol. The van der Waals surface area contributed by atoms with Crippen molar-refractivity contribution in [1.82, 2.24) is 20.3 Å². The van der Waals surface area contributed by atoms with Gasteiger partial charge in [0, 0.05) is 43.2 Å². The number of methoxy groups -OCH3 is 1. The minimum Gasteiger partial charge on any atom is -0.383 e. The van der Waals surface area contributed by atoms with Gasteiger partial charge in [-0.3, -0.25) is 4.98 Å². The van der Waals surface area contributed by atoms with Crippen molar-refractivity contribution in [1.29, 1.82) is 0 Å². The summed E-state index contributed by atoms with van der Waals surface area (Å²) in [4.78, 5) is 13.6. The van der Waals surface area contributed by atoms with Crippen molar-refractivity contribution in [3.05, 3.63) is 35.8 Å². The maximum Gasteiger partial charge on any atom is 0.163 e. The highest BCUT2D eigenvalue weighted by Gasteiger charge is 2.19. The number of aromatic nitrogens is 3. The lowest BCUT2D eigenvalue weighted by Gasteiger charge is -2.22. The predicted octanol–water partition coefficient (Wildman–Crippen LogP) is 1.63. The fraction of sp³-hybridized carbons (Fsp3) is 0.438. The summed E-state index contributed by atoms with van der Waals surface area (Å²) in [5, 5.41) is 6.82. The number of fused-ring (bicyclic) bond motifs is 1. The summed E-state index contributed by atoms with van der Waals surface area (Å²) in [6, 6.07) is 4.07. The fourth-order valence-corrected chi connectivity index (χ4v) is 2.63. The highest BCUT2D eigenvalue weighted by Crippen LogP contribution is 2.25. The number of hydrogen-bond acceptors (Lipinski definition) is 6. The van der Waals surface area contributed by atoms with Gasteiger partial charge in [0.15, 0.2) is 5.82 Å². The molecule has 0 spiro atoms. The van der Waals surface area contributed by atoms with Crippen LogP contribution in [0.3, 0.4) is 0 Å². The van der Waals surface area contributed by atoms with E-state index >= 15 is 0 Å². The average Bonchev–Trinajstić information content (AvgIpc) is 2.56. The number of rotatable bonds is 5. The van der Waals surface area contributed by atoms with Gasteiger partial charge >= 0.3 is 0 Å². The highest BCUT2D eigenvalue weighted by molar-refractivity contribution is 5.59. The third-order valence-electron chi connectivity index (χ3n) is 3.66. The molecule has 6 nitrogen and oxygen atoms in total. The predicted molar refractivity (Wildman–Crippen MR) is 85.6 cm³/mol. The lowest BCUT2D eigenvalue weighted by Crippen LogP contribution is -2.29. The molecule has 0 saturated heterocycles.